The SMILES string of the molecule is Clc1cc(Cl)cc(CN2CCNCC2c2cccnc2)c1. The van der Waals surface area contributed by atoms with Crippen molar-refractivity contribution in [3.05, 3.63) is 63.9 Å². The zero-order valence-electron chi connectivity index (χ0n) is 11.6. The summed E-state index contributed by atoms with van der Waals surface area (Å²) in [6.45, 7) is 3.75. The van der Waals surface area contributed by atoms with Crippen molar-refractivity contribution >= 4 is 23.2 Å². The molecule has 0 bridgehead atoms. The smallest absolute Gasteiger partial charge is 0.0491 e. The molecule has 0 radical (unpaired) electrons. The quantitative estimate of drug-likeness (QED) is 0.937. The van der Waals surface area contributed by atoms with Crippen molar-refractivity contribution in [3.8, 4) is 0 Å². The average Bonchev–Trinajstić information content (AvgIpc) is 2.48. The molecule has 0 aliphatic carbocycles. The van der Waals surface area contributed by atoms with Crippen LogP contribution in [0.5, 0.6) is 0 Å². The largest absolute Gasteiger partial charge is 0.314 e. The number of hydrogen-bond donors (Lipinski definition) is 1. The van der Waals surface area contributed by atoms with Crippen LogP contribution < -0.4 is 5.32 Å². The first-order valence-electron chi connectivity index (χ1n) is 7.02. The molecule has 21 heavy (non-hydrogen) atoms. The van der Waals surface area contributed by atoms with Gasteiger partial charge in [-0.3, -0.25) is 9.88 Å². The molecule has 1 N–H and O–H groups in total. The molecule has 1 unspecified atom stereocenters. The number of pyridine rings is 1. The van der Waals surface area contributed by atoms with E-state index in [1.54, 1.807) is 12.3 Å². The second-order valence-electron chi connectivity index (χ2n) is 5.25. The van der Waals surface area contributed by atoms with Crippen LogP contribution in [0.4, 0.5) is 0 Å². The Morgan fingerprint density at radius 2 is 2.05 bits per heavy atom. The zero-order valence-corrected chi connectivity index (χ0v) is 13.1. The van der Waals surface area contributed by atoms with Crippen molar-refractivity contribution < 1.29 is 0 Å². The van der Waals surface area contributed by atoms with Crippen molar-refractivity contribution in [2.75, 3.05) is 19.6 Å². The molecule has 1 fully saturated rings. The van der Waals surface area contributed by atoms with Gasteiger partial charge in [-0.1, -0.05) is 29.3 Å². The number of benzene rings is 1. The van der Waals surface area contributed by atoms with Crippen LogP contribution in [0.2, 0.25) is 10.0 Å². The lowest BCUT2D eigenvalue weighted by Crippen LogP contribution is -2.45. The number of piperazine rings is 1. The Bertz CT molecular complexity index is 583. The molecular formula is C16H17Cl2N3. The molecule has 2 aromatic rings. The standard InChI is InChI=1S/C16H17Cl2N3/c17-14-6-12(7-15(18)8-14)11-21-5-4-20-10-16(21)13-2-1-3-19-9-13/h1-3,6-9,16,20H,4-5,10-11H2. The fraction of sp³-hybridized carbons (Fsp3) is 0.312. The summed E-state index contributed by atoms with van der Waals surface area (Å²) in [6, 6.07) is 10.2. The van der Waals surface area contributed by atoms with Gasteiger partial charge < -0.3 is 5.32 Å². The van der Waals surface area contributed by atoms with Gasteiger partial charge in [0.05, 0.1) is 0 Å². The van der Waals surface area contributed by atoms with Gasteiger partial charge in [0.15, 0.2) is 0 Å². The maximum absolute atomic E-state index is 6.10. The fourth-order valence-electron chi connectivity index (χ4n) is 2.77. The summed E-state index contributed by atoms with van der Waals surface area (Å²) in [5, 5.41) is 4.82. The van der Waals surface area contributed by atoms with E-state index in [-0.39, 0.29) is 0 Å². The molecule has 1 aliphatic rings. The molecular weight excluding hydrogens is 305 g/mol. The Morgan fingerprint density at radius 3 is 2.76 bits per heavy atom. The summed E-state index contributed by atoms with van der Waals surface area (Å²) < 4.78 is 0. The monoisotopic (exact) mass is 321 g/mol. The van der Waals surface area contributed by atoms with Crippen LogP contribution in [-0.2, 0) is 6.54 Å². The van der Waals surface area contributed by atoms with Crippen molar-refractivity contribution in [1.82, 2.24) is 15.2 Å². The number of nitrogens with one attached hydrogen (secondary N) is 1. The number of nitrogens with zero attached hydrogens (tertiary/aromatic N) is 2. The van der Waals surface area contributed by atoms with Crippen LogP contribution in [0, 0.1) is 0 Å². The normalized spacial score (nSPS) is 19.6. The van der Waals surface area contributed by atoms with Gasteiger partial charge in [-0.15, -0.1) is 0 Å². The van der Waals surface area contributed by atoms with E-state index in [1.165, 1.54) is 5.56 Å². The van der Waals surface area contributed by atoms with Crippen LogP contribution in [0.15, 0.2) is 42.7 Å². The topological polar surface area (TPSA) is 28.2 Å². The summed E-state index contributed by atoms with van der Waals surface area (Å²) in [4.78, 5) is 6.67. The molecule has 0 saturated carbocycles. The first-order valence-corrected chi connectivity index (χ1v) is 7.77. The van der Waals surface area contributed by atoms with E-state index in [0.717, 1.165) is 31.7 Å². The predicted octanol–water partition coefficient (Wildman–Crippen LogP) is 3.53. The summed E-state index contributed by atoms with van der Waals surface area (Å²) in [5.74, 6) is 0. The Hall–Kier alpha value is -1.13. The second-order valence-corrected chi connectivity index (χ2v) is 6.13. The third-order valence-corrected chi connectivity index (χ3v) is 4.17. The van der Waals surface area contributed by atoms with Crippen molar-refractivity contribution in [2.24, 2.45) is 0 Å². The Balaban J connectivity index is 1.81. The van der Waals surface area contributed by atoms with E-state index in [0.29, 0.717) is 16.1 Å². The molecule has 1 saturated heterocycles. The third-order valence-electron chi connectivity index (χ3n) is 3.73. The lowest BCUT2D eigenvalue weighted by atomic mass is 10.0. The minimum atomic E-state index is 0.324. The summed E-state index contributed by atoms with van der Waals surface area (Å²) in [6.07, 6.45) is 3.75. The van der Waals surface area contributed by atoms with Crippen molar-refractivity contribution in [3.63, 3.8) is 0 Å². The fourth-order valence-corrected chi connectivity index (χ4v) is 3.35. The van der Waals surface area contributed by atoms with E-state index >= 15 is 0 Å². The lowest BCUT2D eigenvalue weighted by Gasteiger charge is -2.36. The number of halogens is 2. The molecule has 3 nitrogen and oxygen atoms in total. The van der Waals surface area contributed by atoms with Gasteiger partial charge in [0.25, 0.3) is 0 Å². The minimum absolute atomic E-state index is 0.324. The van der Waals surface area contributed by atoms with E-state index < -0.39 is 0 Å². The lowest BCUT2D eigenvalue weighted by molar-refractivity contribution is 0.153. The number of rotatable bonds is 3. The molecule has 5 heteroatoms. The summed E-state index contributed by atoms with van der Waals surface area (Å²) in [7, 11) is 0. The van der Waals surface area contributed by atoms with Crippen LogP contribution in [0.3, 0.4) is 0 Å². The van der Waals surface area contributed by atoms with E-state index in [4.69, 9.17) is 23.2 Å². The molecule has 1 aromatic carbocycles. The Labute approximate surface area is 134 Å². The summed E-state index contributed by atoms with van der Waals surface area (Å²) >= 11 is 12.2. The van der Waals surface area contributed by atoms with Crippen LogP contribution in [-0.4, -0.2) is 29.5 Å². The second kappa shape index (κ2) is 6.75. The van der Waals surface area contributed by atoms with Crippen molar-refractivity contribution in [1.29, 1.82) is 0 Å². The highest BCUT2D eigenvalue weighted by atomic mass is 35.5. The van der Waals surface area contributed by atoms with E-state index in [9.17, 15) is 0 Å². The van der Waals surface area contributed by atoms with E-state index in [2.05, 4.69) is 21.3 Å². The van der Waals surface area contributed by atoms with Crippen LogP contribution in [0.1, 0.15) is 17.2 Å². The predicted molar refractivity (Wildman–Crippen MR) is 86.7 cm³/mol. The van der Waals surface area contributed by atoms with Gasteiger partial charge in [0.2, 0.25) is 0 Å². The molecule has 110 valence electrons. The molecule has 0 amide bonds. The Morgan fingerprint density at radius 1 is 1.24 bits per heavy atom. The summed E-state index contributed by atoms with van der Waals surface area (Å²) in [5.41, 5.74) is 2.38. The third kappa shape index (κ3) is 3.74. The molecule has 2 heterocycles. The molecule has 0 spiro atoms. The molecule has 3 rings (SSSR count). The van der Waals surface area contributed by atoms with Crippen LogP contribution in [0.25, 0.3) is 0 Å². The number of aromatic nitrogens is 1. The molecule has 1 aromatic heterocycles. The zero-order chi connectivity index (χ0) is 14.7. The van der Waals surface area contributed by atoms with Gasteiger partial charge in [0.1, 0.15) is 0 Å². The molecule has 1 atom stereocenters. The van der Waals surface area contributed by atoms with Crippen LogP contribution >= 0.6 is 23.2 Å². The first kappa shape index (κ1) is 14.8. The Kier molecular flexibility index (Phi) is 4.76. The highest BCUT2D eigenvalue weighted by Gasteiger charge is 2.24. The highest BCUT2D eigenvalue weighted by molar-refractivity contribution is 6.34. The van der Waals surface area contributed by atoms with Gasteiger partial charge in [0, 0.05) is 54.7 Å². The van der Waals surface area contributed by atoms with Gasteiger partial charge >= 0.3 is 0 Å². The number of hydrogen-bond acceptors (Lipinski definition) is 3. The maximum atomic E-state index is 6.10. The van der Waals surface area contributed by atoms with Gasteiger partial charge in [-0.2, -0.15) is 0 Å². The first-order chi connectivity index (χ1) is 10.2. The molecule has 1 aliphatic heterocycles. The highest BCUT2D eigenvalue weighted by Crippen LogP contribution is 2.26. The average molecular weight is 322 g/mol. The van der Waals surface area contributed by atoms with Gasteiger partial charge in [-0.25, -0.2) is 0 Å². The van der Waals surface area contributed by atoms with Gasteiger partial charge in [-0.05, 0) is 35.4 Å². The minimum Gasteiger partial charge on any atom is -0.314 e. The van der Waals surface area contributed by atoms with Crippen molar-refractivity contribution in [2.45, 2.75) is 12.6 Å². The maximum Gasteiger partial charge on any atom is 0.0491 e. The van der Waals surface area contributed by atoms with E-state index in [1.807, 2.05) is 24.4 Å².